The van der Waals surface area contributed by atoms with E-state index < -0.39 is 5.97 Å². The average molecular weight is 492 g/mol. The molecule has 3 aromatic rings. The molecule has 182 valence electrons. The van der Waals surface area contributed by atoms with Crippen LogP contribution in [-0.4, -0.2) is 31.0 Å². The number of carbonyl (C=O) groups is 1. The molecule has 0 aliphatic rings. The van der Waals surface area contributed by atoms with Crippen molar-refractivity contribution >= 4 is 35.2 Å². The summed E-state index contributed by atoms with van der Waals surface area (Å²) in [6, 6.07) is 19.9. The Kier molecular flexibility index (Phi) is 9.62. The molecule has 0 saturated heterocycles. The fourth-order valence-corrected chi connectivity index (χ4v) is 3.25. The van der Waals surface area contributed by atoms with Crippen LogP contribution in [0.1, 0.15) is 41.3 Å². The third kappa shape index (κ3) is 8.12. The zero-order valence-corrected chi connectivity index (χ0v) is 20.9. The van der Waals surface area contributed by atoms with Crippen molar-refractivity contribution < 1.29 is 19.0 Å². The first kappa shape index (κ1) is 25.7. The van der Waals surface area contributed by atoms with Crippen LogP contribution in [0.4, 0.5) is 5.69 Å². The van der Waals surface area contributed by atoms with E-state index in [2.05, 4.69) is 22.8 Å². The Balaban J connectivity index is 1.57. The number of anilines is 1. The van der Waals surface area contributed by atoms with Gasteiger partial charge in [-0.25, -0.2) is 4.79 Å². The van der Waals surface area contributed by atoms with E-state index in [1.165, 1.54) is 7.11 Å². The van der Waals surface area contributed by atoms with Crippen LogP contribution in [-0.2, 0) is 0 Å². The minimum Gasteiger partial charge on any atom is -0.494 e. The van der Waals surface area contributed by atoms with Gasteiger partial charge in [0.25, 0.3) is 0 Å². The SMILES string of the molecule is CCCCOc1ccc(C(=O)Oc2ccc(C=NNC(=S)Nc3cccc(C)c3)cc2OC)cc1. The summed E-state index contributed by atoms with van der Waals surface area (Å²) in [7, 11) is 1.51. The Morgan fingerprint density at radius 3 is 2.57 bits per heavy atom. The molecule has 8 heteroatoms. The zero-order chi connectivity index (χ0) is 25.0. The number of benzene rings is 3. The molecule has 0 unspecified atom stereocenters. The molecule has 0 amide bonds. The van der Waals surface area contributed by atoms with Crippen LogP contribution >= 0.6 is 12.2 Å². The van der Waals surface area contributed by atoms with Crippen LogP contribution in [0.5, 0.6) is 17.2 Å². The Morgan fingerprint density at radius 1 is 1.06 bits per heavy atom. The van der Waals surface area contributed by atoms with Crippen molar-refractivity contribution in [1.29, 1.82) is 0 Å². The van der Waals surface area contributed by atoms with Crippen molar-refractivity contribution in [1.82, 2.24) is 5.43 Å². The number of methoxy groups -OCH3 is 1. The number of unbranched alkanes of at least 4 members (excludes halogenated alkanes) is 1. The molecule has 3 rings (SSSR count). The van der Waals surface area contributed by atoms with Crippen molar-refractivity contribution in [3.05, 3.63) is 83.4 Å². The highest BCUT2D eigenvalue weighted by Gasteiger charge is 2.13. The third-order valence-electron chi connectivity index (χ3n) is 4.90. The number of nitrogens with zero attached hydrogens (tertiary/aromatic N) is 1. The third-order valence-corrected chi connectivity index (χ3v) is 5.10. The molecular weight excluding hydrogens is 462 g/mol. The van der Waals surface area contributed by atoms with E-state index >= 15 is 0 Å². The molecular formula is C27H29N3O4S. The minimum atomic E-state index is -0.487. The van der Waals surface area contributed by atoms with E-state index in [1.807, 2.05) is 31.2 Å². The molecule has 0 aliphatic carbocycles. The first-order chi connectivity index (χ1) is 17.0. The predicted octanol–water partition coefficient (Wildman–Crippen LogP) is 5.72. The summed E-state index contributed by atoms with van der Waals surface area (Å²) in [5, 5.41) is 7.59. The van der Waals surface area contributed by atoms with Crippen molar-refractivity contribution in [3.63, 3.8) is 0 Å². The summed E-state index contributed by atoms with van der Waals surface area (Å²) >= 11 is 5.27. The number of thiocarbonyl (C=S) groups is 1. The van der Waals surface area contributed by atoms with Gasteiger partial charge in [0.05, 0.1) is 25.5 Å². The van der Waals surface area contributed by atoms with E-state index in [0.717, 1.165) is 35.4 Å². The number of carbonyl (C=O) groups excluding carboxylic acids is 1. The van der Waals surface area contributed by atoms with Gasteiger partial charge in [0, 0.05) is 5.69 Å². The number of hydrazone groups is 1. The standard InChI is InChI=1S/C27H29N3O4S/c1-4-5-15-33-23-12-10-21(11-13-23)26(31)34-24-14-9-20(17-25(24)32-3)18-28-30-27(35)29-22-8-6-7-19(2)16-22/h6-14,16-18H,4-5,15H2,1-3H3,(H2,29,30,35). The maximum atomic E-state index is 12.6. The van der Waals surface area contributed by atoms with Crippen molar-refractivity contribution in [2.45, 2.75) is 26.7 Å². The topological polar surface area (TPSA) is 81.2 Å². The molecule has 0 aromatic heterocycles. The fraction of sp³-hybridized carbons (Fsp3) is 0.222. The van der Waals surface area contributed by atoms with Crippen LogP contribution in [0.2, 0.25) is 0 Å². The first-order valence-electron chi connectivity index (χ1n) is 11.3. The van der Waals surface area contributed by atoms with Gasteiger partial charge in [-0.15, -0.1) is 0 Å². The second-order valence-corrected chi connectivity index (χ2v) is 8.13. The Hall–Kier alpha value is -3.91. The van der Waals surface area contributed by atoms with Gasteiger partial charge in [-0.1, -0.05) is 25.5 Å². The summed E-state index contributed by atoms with van der Waals surface area (Å²) in [4.78, 5) is 12.6. The number of esters is 1. The quantitative estimate of drug-likeness (QED) is 0.0937. The van der Waals surface area contributed by atoms with E-state index in [-0.39, 0.29) is 0 Å². The largest absolute Gasteiger partial charge is 0.494 e. The van der Waals surface area contributed by atoms with Crippen molar-refractivity contribution in [2.24, 2.45) is 5.10 Å². The monoisotopic (exact) mass is 491 g/mol. The maximum Gasteiger partial charge on any atom is 0.343 e. The molecule has 0 heterocycles. The zero-order valence-electron chi connectivity index (χ0n) is 20.0. The lowest BCUT2D eigenvalue weighted by molar-refractivity contribution is 0.0729. The minimum absolute atomic E-state index is 0.308. The molecule has 3 aromatic carbocycles. The van der Waals surface area contributed by atoms with Gasteiger partial charge in [-0.05, 0) is 91.3 Å². The Morgan fingerprint density at radius 2 is 1.86 bits per heavy atom. The van der Waals surface area contributed by atoms with Gasteiger partial charge in [-0.2, -0.15) is 5.10 Å². The van der Waals surface area contributed by atoms with Crippen LogP contribution in [0.15, 0.2) is 71.8 Å². The summed E-state index contributed by atoms with van der Waals surface area (Å²) in [5.41, 5.74) is 5.94. The van der Waals surface area contributed by atoms with E-state index in [9.17, 15) is 4.79 Å². The lowest BCUT2D eigenvalue weighted by atomic mass is 10.2. The van der Waals surface area contributed by atoms with Gasteiger partial charge >= 0.3 is 5.97 Å². The maximum absolute atomic E-state index is 12.6. The average Bonchev–Trinajstić information content (AvgIpc) is 2.85. The normalized spacial score (nSPS) is 10.6. The summed E-state index contributed by atoms with van der Waals surface area (Å²) in [6.07, 6.45) is 3.64. The highest BCUT2D eigenvalue weighted by molar-refractivity contribution is 7.80. The van der Waals surface area contributed by atoms with E-state index in [4.69, 9.17) is 26.4 Å². The Labute approximate surface area is 211 Å². The lowest BCUT2D eigenvalue weighted by Crippen LogP contribution is -2.23. The highest BCUT2D eigenvalue weighted by Crippen LogP contribution is 2.28. The summed E-state index contributed by atoms with van der Waals surface area (Å²) in [5.74, 6) is 0.947. The number of rotatable bonds is 10. The molecule has 0 aliphatic heterocycles. The van der Waals surface area contributed by atoms with Gasteiger partial charge in [0.2, 0.25) is 0 Å². The number of ether oxygens (including phenoxy) is 3. The lowest BCUT2D eigenvalue weighted by Gasteiger charge is -2.11. The molecule has 2 N–H and O–H groups in total. The number of aryl methyl sites for hydroxylation is 1. The number of nitrogens with one attached hydrogen (secondary N) is 2. The van der Waals surface area contributed by atoms with Gasteiger partial charge < -0.3 is 19.5 Å². The molecule has 0 spiro atoms. The predicted molar refractivity (Wildman–Crippen MR) is 143 cm³/mol. The highest BCUT2D eigenvalue weighted by atomic mass is 32.1. The summed E-state index contributed by atoms with van der Waals surface area (Å²) in [6.45, 7) is 4.76. The van der Waals surface area contributed by atoms with Crippen LogP contribution < -0.4 is 25.0 Å². The van der Waals surface area contributed by atoms with Crippen LogP contribution in [0, 0.1) is 6.92 Å². The van der Waals surface area contributed by atoms with Gasteiger partial charge in [0.15, 0.2) is 16.6 Å². The molecule has 0 atom stereocenters. The van der Waals surface area contributed by atoms with E-state index in [0.29, 0.717) is 28.8 Å². The second kappa shape index (κ2) is 13.1. The fourth-order valence-electron chi connectivity index (χ4n) is 3.08. The molecule has 0 fully saturated rings. The number of hydrogen-bond acceptors (Lipinski definition) is 6. The van der Waals surface area contributed by atoms with Gasteiger partial charge in [-0.3, -0.25) is 5.43 Å². The molecule has 0 radical (unpaired) electrons. The van der Waals surface area contributed by atoms with Gasteiger partial charge in [0.1, 0.15) is 5.75 Å². The second-order valence-electron chi connectivity index (χ2n) is 7.72. The molecule has 35 heavy (non-hydrogen) atoms. The summed E-state index contributed by atoms with van der Waals surface area (Å²) < 4.78 is 16.6. The van der Waals surface area contributed by atoms with Crippen molar-refractivity contribution in [2.75, 3.05) is 19.0 Å². The smallest absolute Gasteiger partial charge is 0.343 e. The van der Waals surface area contributed by atoms with Crippen LogP contribution in [0.25, 0.3) is 0 Å². The first-order valence-corrected chi connectivity index (χ1v) is 11.7. The number of hydrogen-bond donors (Lipinski definition) is 2. The van der Waals surface area contributed by atoms with Crippen LogP contribution in [0.3, 0.4) is 0 Å². The molecule has 0 bridgehead atoms. The van der Waals surface area contributed by atoms with E-state index in [1.54, 1.807) is 48.7 Å². The van der Waals surface area contributed by atoms with Crippen molar-refractivity contribution in [3.8, 4) is 17.2 Å². The molecule has 7 nitrogen and oxygen atoms in total. The Bertz CT molecular complexity index is 1180. The molecule has 0 saturated carbocycles.